The number of nitrogens with one attached hydrogen (secondary N) is 2. The Morgan fingerprint density at radius 3 is 2.60 bits per heavy atom. The Hall–Kier alpha value is -2.37. The van der Waals surface area contributed by atoms with E-state index < -0.39 is 24.0 Å². The molecule has 1 saturated heterocycles. The third-order valence-corrected chi connectivity index (χ3v) is 3.20. The first-order chi connectivity index (χ1) is 9.56. The van der Waals surface area contributed by atoms with Crippen LogP contribution >= 0.6 is 0 Å². The predicted octanol–water partition coefficient (Wildman–Crippen LogP) is -1.26. The fourth-order valence-corrected chi connectivity index (χ4v) is 2.13. The molecule has 1 aromatic rings. The zero-order chi connectivity index (χ0) is 14.5. The summed E-state index contributed by atoms with van der Waals surface area (Å²) in [5.41, 5.74) is 0.789. The summed E-state index contributed by atoms with van der Waals surface area (Å²) in [4.78, 5) is 34.0. The number of amides is 2. The van der Waals surface area contributed by atoms with Crippen molar-refractivity contribution in [2.45, 2.75) is 31.3 Å². The van der Waals surface area contributed by atoms with Gasteiger partial charge in [-0.05, 0) is 18.4 Å². The molecule has 1 aromatic carbocycles. The van der Waals surface area contributed by atoms with Crippen LogP contribution in [0.15, 0.2) is 30.3 Å². The Morgan fingerprint density at radius 1 is 1.35 bits per heavy atom. The van der Waals surface area contributed by atoms with Crippen LogP contribution < -0.4 is 15.7 Å². The molecule has 1 heterocycles. The van der Waals surface area contributed by atoms with E-state index in [0.29, 0.717) is 6.42 Å². The number of hydrogen-bond donors (Lipinski definition) is 2. The topological polar surface area (TPSA) is 98.3 Å². The molecule has 6 heteroatoms. The molecule has 0 saturated carbocycles. The van der Waals surface area contributed by atoms with Crippen molar-refractivity contribution in [3.8, 4) is 0 Å². The van der Waals surface area contributed by atoms with Gasteiger partial charge in [0.2, 0.25) is 11.8 Å². The highest BCUT2D eigenvalue weighted by atomic mass is 16.4. The summed E-state index contributed by atoms with van der Waals surface area (Å²) < 4.78 is 0. The molecule has 0 spiro atoms. The van der Waals surface area contributed by atoms with Crippen LogP contribution in [0.5, 0.6) is 0 Å². The van der Waals surface area contributed by atoms with Crippen molar-refractivity contribution in [2.24, 2.45) is 0 Å². The molecule has 2 amide bonds. The Labute approximate surface area is 116 Å². The molecule has 0 unspecified atom stereocenters. The molecule has 0 radical (unpaired) electrons. The van der Waals surface area contributed by atoms with E-state index in [2.05, 4.69) is 10.6 Å². The van der Waals surface area contributed by atoms with Gasteiger partial charge in [0.15, 0.2) is 0 Å². The fraction of sp³-hybridized carbons (Fsp3) is 0.357. The molecule has 106 valence electrons. The largest absolute Gasteiger partial charge is 0.548 e. The quantitative estimate of drug-likeness (QED) is 0.701. The summed E-state index contributed by atoms with van der Waals surface area (Å²) in [5, 5.41) is 16.0. The van der Waals surface area contributed by atoms with E-state index in [0.717, 1.165) is 5.56 Å². The third kappa shape index (κ3) is 3.57. The lowest BCUT2D eigenvalue weighted by Crippen LogP contribution is -2.53. The number of aliphatic carboxylic acids is 1. The normalized spacial score (nSPS) is 19.2. The van der Waals surface area contributed by atoms with Crippen molar-refractivity contribution in [3.63, 3.8) is 0 Å². The molecule has 2 N–H and O–H groups in total. The van der Waals surface area contributed by atoms with Crippen LogP contribution in [0.4, 0.5) is 0 Å². The summed E-state index contributed by atoms with van der Waals surface area (Å²) in [7, 11) is 0. The van der Waals surface area contributed by atoms with Gasteiger partial charge in [-0.2, -0.15) is 0 Å². The molecule has 1 aliphatic rings. The molecule has 20 heavy (non-hydrogen) atoms. The van der Waals surface area contributed by atoms with E-state index in [1.807, 2.05) is 6.07 Å². The lowest BCUT2D eigenvalue weighted by atomic mass is 10.1. The Kier molecular flexibility index (Phi) is 4.34. The van der Waals surface area contributed by atoms with Gasteiger partial charge < -0.3 is 20.5 Å². The summed E-state index contributed by atoms with van der Waals surface area (Å²) in [5.74, 6) is -2.02. The predicted molar refractivity (Wildman–Crippen MR) is 68.2 cm³/mol. The minimum atomic E-state index is -1.34. The van der Waals surface area contributed by atoms with Crippen molar-refractivity contribution in [3.05, 3.63) is 35.9 Å². The maximum absolute atomic E-state index is 11.9. The molecule has 6 nitrogen and oxygen atoms in total. The zero-order valence-electron chi connectivity index (χ0n) is 10.8. The Bertz CT molecular complexity index is 515. The van der Waals surface area contributed by atoms with Gasteiger partial charge in [-0.3, -0.25) is 9.59 Å². The van der Waals surface area contributed by atoms with Gasteiger partial charge in [0, 0.05) is 6.42 Å². The summed E-state index contributed by atoms with van der Waals surface area (Å²) >= 11 is 0. The van der Waals surface area contributed by atoms with Crippen molar-refractivity contribution >= 4 is 17.8 Å². The van der Waals surface area contributed by atoms with Gasteiger partial charge in [0.05, 0.1) is 12.0 Å². The van der Waals surface area contributed by atoms with Crippen LogP contribution in [-0.2, 0) is 20.8 Å². The number of carbonyl (C=O) groups is 3. The average molecular weight is 275 g/mol. The van der Waals surface area contributed by atoms with E-state index in [4.69, 9.17) is 0 Å². The molecule has 1 aliphatic heterocycles. The van der Waals surface area contributed by atoms with Crippen molar-refractivity contribution in [1.29, 1.82) is 0 Å². The van der Waals surface area contributed by atoms with Gasteiger partial charge in [0.1, 0.15) is 6.04 Å². The van der Waals surface area contributed by atoms with Crippen LogP contribution in [0, 0.1) is 0 Å². The van der Waals surface area contributed by atoms with E-state index in [9.17, 15) is 19.5 Å². The van der Waals surface area contributed by atoms with Gasteiger partial charge >= 0.3 is 0 Å². The van der Waals surface area contributed by atoms with E-state index in [1.54, 1.807) is 24.3 Å². The number of benzene rings is 1. The van der Waals surface area contributed by atoms with E-state index in [-0.39, 0.29) is 18.7 Å². The minimum absolute atomic E-state index is 0.148. The zero-order valence-corrected chi connectivity index (χ0v) is 10.8. The van der Waals surface area contributed by atoms with Crippen LogP contribution in [0.3, 0.4) is 0 Å². The van der Waals surface area contributed by atoms with Crippen LogP contribution in [-0.4, -0.2) is 29.9 Å². The summed E-state index contributed by atoms with van der Waals surface area (Å²) in [6, 6.07) is 7.20. The Morgan fingerprint density at radius 2 is 2.05 bits per heavy atom. The van der Waals surface area contributed by atoms with Crippen molar-refractivity contribution < 1.29 is 19.5 Å². The van der Waals surface area contributed by atoms with Crippen molar-refractivity contribution in [2.75, 3.05) is 0 Å². The smallest absolute Gasteiger partial charge is 0.243 e. The van der Waals surface area contributed by atoms with E-state index in [1.165, 1.54) is 0 Å². The molecular formula is C14H15N2O4-. The maximum atomic E-state index is 11.9. The van der Waals surface area contributed by atoms with E-state index >= 15 is 0 Å². The summed E-state index contributed by atoms with van der Waals surface area (Å²) in [6.07, 6.45) is 0.818. The second-order valence-electron chi connectivity index (χ2n) is 4.73. The van der Waals surface area contributed by atoms with Gasteiger partial charge in [0.25, 0.3) is 0 Å². The van der Waals surface area contributed by atoms with Crippen LogP contribution in [0.2, 0.25) is 0 Å². The highest BCUT2D eigenvalue weighted by Gasteiger charge is 2.28. The summed E-state index contributed by atoms with van der Waals surface area (Å²) in [6.45, 7) is 0. The monoisotopic (exact) mass is 275 g/mol. The second kappa shape index (κ2) is 6.18. The highest BCUT2D eigenvalue weighted by molar-refractivity contribution is 5.92. The average Bonchev–Trinajstić information content (AvgIpc) is 2.86. The molecule has 0 aromatic heterocycles. The molecule has 1 fully saturated rings. The molecule has 2 atom stereocenters. The molecule has 0 aliphatic carbocycles. The van der Waals surface area contributed by atoms with Crippen LogP contribution in [0.1, 0.15) is 18.4 Å². The fourth-order valence-electron chi connectivity index (χ4n) is 2.13. The number of carboxylic acid groups (broad SMARTS) is 1. The standard InChI is InChI=1S/C14H16N2O4/c17-12-7-6-10(15-12)13(18)16-11(14(19)20)8-9-4-2-1-3-5-9/h1-5,10-11H,6-8H2,(H,15,17)(H,16,18)(H,19,20)/p-1/t10-,11-/m0/s1. The van der Waals surface area contributed by atoms with Crippen LogP contribution in [0.25, 0.3) is 0 Å². The first kappa shape index (κ1) is 14.0. The van der Waals surface area contributed by atoms with Gasteiger partial charge in [-0.15, -0.1) is 0 Å². The third-order valence-electron chi connectivity index (χ3n) is 3.20. The lowest BCUT2D eigenvalue weighted by Gasteiger charge is -2.21. The SMILES string of the molecule is O=C1CC[C@@H](C(=O)N[C@@H](Cc2ccccc2)C(=O)[O-])N1. The van der Waals surface area contributed by atoms with Gasteiger partial charge in [-0.25, -0.2) is 0 Å². The molecule has 0 bridgehead atoms. The number of rotatable bonds is 5. The lowest BCUT2D eigenvalue weighted by molar-refractivity contribution is -0.308. The minimum Gasteiger partial charge on any atom is -0.548 e. The number of hydrogen-bond acceptors (Lipinski definition) is 4. The van der Waals surface area contributed by atoms with Gasteiger partial charge in [-0.1, -0.05) is 30.3 Å². The second-order valence-corrected chi connectivity index (χ2v) is 4.73. The molecule has 2 rings (SSSR count). The highest BCUT2D eigenvalue weighted by Crippen LogP contribution is 2.08. The first-order valence-electron chi connectivity index (χ1n) is 6.41. The first-order valence-corrected chi connectivity index (χ1v) is 6.41. The number of carboxylic acids is 1. The molecular weight excluding hydrogens is 260 g/mol. The van der Waals surface area contributed by atoms with Crippen molar-refractivity contribution in [1.82, 2.24) is 10.6 Å². The Balaban J connectivity index is 1.97. The number of carbonyl (C=O) groups excluding carboxylic acids is 3. The maximum Gasteiger partial charge on any atom is 0.243 e.